The van der Waals surface area contributed by atoms with Crippen LogP contribution in [0.5, 0.6) is 0 Å². The van der Waals surface area contributed by atoms with E-state index in [0.717, 1.165) is 0 Å². The van der Waals surface area contributed by atoms with E-state index in [1.54, 1.807) is 6.26 Å². The zero-order valence-corrected chi connectivity index (χ0v) is 13.4. The summed E-state index contributed by atoms with van der Waals surface area (Å²) >= 11 is 1.25. The first-order valence-corrected chi connectivity index (χ1v) is 8.18. The van der Waals surface area contributed by atoms with Crippen LogP contribution in [0.2, 0.25) is 0 Å². The van der Waals surface area contributed by atoms with Gasteiger partial charge >= 0.3 is 0 Å². The molecule has 12 heteroatoms. The molecule has 2 aromatic rings. The lowest BCUT2D eigenvalue weighted by Gasteiger charge is -2.15. The smallest absolute Gasteiger partial charge is 0.191 e. The molecule has 0 bridgehead atoms. The van der Waals surface area contributed by atoms with Gasteiger partial charge in [0.05, 0.1) is 12.0 Å². The van der Waals surface area contributed by atoms with Gasteiger partial charge in [-0.3, -0.25) is 5.41 Å². The number of nitrogens with two attached hydrogens (primary N) is 2. The molecule has 0 saturated carbocycles. The molecule has 3 heterocycles. The van der Waals surface area contributed by atoms with Crippen LogP contribution in [-0.4, -0.2) is 72.1 Å². The van der Waals surface area contributed by atoms with E-state index in [1.165, 1.54) is 16.4 Å². The van der Waals surface area contributed by atoms with Gasteiger partial charge in [0, 0.05) is 0 Å². The fourth-order valence-electron chi connectivity index (χ4n) is 2.58. The Morgan fingerprint density at radius 1 is 1.38 bits per heavy atom. The number of rotatable bonds is 4. The number of aliphatic hydroxyl groups excluding tert-OH is 3. The summed E-state index contributed by atoms with van der Waals surface area (Å²) in [6.07, 6.45) is -2.96. The average molecular weight is 355 g/mol. The number of hydrogen-bond acceptors (Lipinski definition) is 10. The standard InChI is InChI=1S/C12H17N7O4S/c1-24-12-16-9(15)4-5(8(13)14)18-19(10(4)17-12)11-7(22)6(21)3(2-20)23-11/h3,6-7,11,20-22H,2H2,1H3,(H3,13,14)(H2,15,16,17)/t3-,6-,7-,11-/m1/s1. The maximum absolute atomic E-state index is 10.2. The van der Waals surface area contributed by atoms with Crippen molar-refractivity contribution in [3.05, 3.63) is 5.69 Å². The Kier molecular flexibility index (Phi) is 4.31. The molecule has 8 N–H and O–H groups in total. The number of fused-ring (bicyclic) bond motifs is 1. The van der Waals surface area contributed by atoms with Gasteiger partial charge in [-0.05, 0) is 6.26 Å². The van der Waals surface area contributed by atoms with Crippen LogP contribution in [0.25, 0.3) is 11.0 Å². The van der Waals surface area contributed by atoms with E-state index in [1.807, 2.05) is 0 Å². The minimum atomic E-state index is -1.35. The summed E-state index contributed by atoms with van der Waals surface area (Å²) in [7, 11) is 0. The minimum absolute atomic E-state index is 0.0490. The first-order valence-electron chi connectivity index (χ1n) is 6.95. The largest absolute Gasteiger partial charge is 0.394 e. The van der Waals surface area contributed by atoms with Crippen molar-refractivity contribution >= 4 is 34.4 Å². The molecule has 11 nitrogen and oxygen atoms in total. The molecule has 1 fully saturated rings. The van der Waals surface area contributed by atoms with E-state index in [9.17, 15) is 15.3 Å². The summed E-state index contributed by atoms with van der Waals surface area (Å²) in [4.78, 5) is 8.40. The Morgan fingerprint density at radius 3 is 2.62 bits per heavy atom. The summed E-state index contributed by atoms with van der Waals surface area (Å²) in [5.41, 5.74) is 11.7. The van der Waals surface area contributed by atoms with Gasteiger partial charge in [0.2, 0.25) is 0 Å². The predicted octanol–water partition coefficient (Wildman–Crippen LogP) is -1.97. The topological polar surface area (TPSA) is 189 Å². The molecule has 24 heavy (non-hydrogen) atoms. The summed E-state index contributed by atoms with van der Waals surface area (Å²) in [6, 6.07) is 0. The summed E-state index contributed by atoms with van der Waals surface area (Å²) in [6.45, 7) is -0.472. The van der Waals surface area contributed by atoms with Gasteiger partial charge in [0.25, 0.3) is 0 Å². The van der Waals surface area contributed by atoms with Crippen LogP contribution >= 0.6 is 11.8 Å². The predicted molar refractivity (Wildman–Crippen MR) is 85.5 cm³/mol. The third-order valence-electron chi connectivity index (χ3n) is 3.75. The maximum atomic E-state index is 10.2. The summed E-state index contributed by atoms with van der Waals surface area (Å²) in [5.74, 6) is -0.259. The number of nitrogens with one attached hydrogen (secondary N) is 1. The van der Waals surface area contributed by atoms with Crippen molar-refractivity contribution in [2.24, 2.45) is 5.73 Å². The van der Waals surface area contributed by atoms with Crippen LogP contribution in [-0.2, 0) is 4.74 Å². The Morgan fingerprint density at radius 2 is 2.08 bits per heavy atom. The van der Waals surface area contributed by atoms with Crippen molar-refractivity contribution in [1.82, 2.24) is 19.7 Å². The van der Waals surface area contributed by atoms with E-state index in [0.29, 0.717) is 5.16 Å². The lowest BCUT2D eigenvalue weighted by Crippen LogP contribution is -2.33. The van der Waals surface area contributed by atoms with E-state index in [2.05, 4.69) is 15.1 Å². The number of aliphatic hydroxyl groups is 3. The summed E-state index contributed by atoms with van der Waals surface area (Å²) < 4.78 is 6.67. The minimum Gasteiger partial charge on any atom is -0.394 e. The molecule has 1 aliphatic rings. The van der Waals surface area contributed by atoms with Gasteiger partial charge in [0.1, 0.15) is 35.7 Å². The fraction of sp³-hybridized carbons (Fsp3) is 0.500. The molecular weight excluding hydrogens is 338 g/mol. The number of amidine groups is 1. The van der Waals surface area contributed by atoms with E-state index in [4.69, 9.17) is 21.6 Å². The molecule has 0 spiro atoms. The van der Waals surface area contributed by atoms with Gasteiger partial charge in [-0.25, -0.2) is 14.6 Å². The molecule has 0 aliphatic carbocycles. The number of anilines is 1. The average Bonchev–Trinajstić information content (AvgIpc) is 3.07. The van der Waals surface area contributed by atoms with E-state index >= 15 is 0 Å². The number of hydrogen-bond donors (Lipinski definition) is 6. The highest BCUT2D eigenvalue weighted by Crippen LogP contribution is 2.33. The highest BCUT2D eigenvalue weighted by Gasteiger charge is 2.45. The molecule has 2 aromatic heterocycles. The quantitative estimate of drug-likeness (QED) is 0.155. The van der Waals surface area contributed by atoms with E-state index in [-0.39, 0.29) is 28.4 Å². The second-order valence-electron chi connectivity index (χ2n) is 5.23. The molecule has 130 valence electrons. The number of thioether (sulfide) groups is 1. The Hall–Kier alpha value is -1.99. The highest BCUT2D eigenvalue weighted by atomic mass is 32.2. The molecule has 0 amide bonds. The molecule has 1 aliphatic heterocycles. The molecule has 1 saturated heterocycles. The third kappa shape index (κ3) is 2.48. The van der Waals surface area contributed by atoms with Gasteiger partial charge in [-0.1, -0.05) is 11.8 Å². The Bertz CT molecular complexity index is 797. The molecule has 3 rings (SSSR count). The highest BCUT2D eigenvalue weighted by molar-refractivity contribution is 7.98. The number of aromatic nitrogens is 4. The third-order valence-corrected chi connectivity index (χ3v) is 4.30. The first-order chi connectivity index (χ1) is 11.4. The van der Waals surface area contributed by atoms with Gasteiger partial charge in [-0.15, -0.1) is 0 Å². The molecule has 0 radical (unpaired) electrons. The number of nitrogens with zero attached hydrogens (tertiary/aromatic N) is 4. The second kappa shape index (κ2) is 6.14. The Labute approximate surface area is 140 Å². The van der Waals surface area contributed by atoms with Crippen molar-refractivity contribution < 1.29 is 20.1 Å². The lowest BCUT2D eigenvalue weighted by atomic mass is 10.1. The normalized spacial score (nSPS) is 27.0. The van der Waals surface area contributed by atoms with Crippen molar-refractivity contribution in [1.29, 1.82) is 5.41 Å². The van der Waals surface area contributed by atoms with Crippen molar-refractivity contribution in [2.75, 3.05) is 18.6 Å². The van der Waals surface area contributed by atoms with Crippen molar-refractivity contribution in [3.63, 3.8) is 0 Å². The van der Waals surface area contributed by atoms with Crippen molar-refractivity contribution in [2.45, 2.75) is 29.7 Å². The van der Waals surface area contributed by atoms with Crippen LogP contribution in [0, 0.1) is 5.41 Å². The zero-order valence-electron chi connectivity index (χ0n) is 12.6. The molecule has 0 unspecified atom stereocenters. The number of nitrogen functional groups attached to an aromatic ring is 2. The Balaban J connectivity index is 2.21. The fourth-order valence-corrected chi connectivity index (χ4v) is 2.95. The second-order valence-corrected chi connectivity index (χ2v) is 6.00. The zero-order chi connectivity index (χ0) is 17.6. The van der Waals surface area contributed by atoms with Gasteiger partial charge in [0.15, 0.2) is 17.0 Å². The van der Waals surface area contributed by atoms with Gasteiger partial charge < -0.3 is 31.5 Å². The van der Waals surface area contributed by atoms with E-state index < -0.39 is 31.1 Å². The van der Waals surface area contributed by atoms with Crippen LogP contribution in [0.15, 0.2) is 5.16 Å². The lowest BCUT2D eigenvalue weighted by molar-refractivity contribution is -0.0567. The van der Waals surface area contributed by atoms with Crippen LogP contribution in [0.1, 0.15) is 11.9 Å². The molecule has 4 atom stereocenters. The molecular formula is C12H17N7O4S. The van der Waals surface area contributed by atoms with Crippen LogP contribution in [0.4, 0.5) is 5.82 Å². The first kappa shape index (κ1) is 16.9. The monoisotopic (exact) mass is 355 g/mol. The maximum Gasteiger partial charge on any atom is 0.191 e. The van der Waals surface area contributed by atoms with Crippen LogP contribution < -0.4 is 11.5 Å². The van der Waals surface area contributed by atoms with Crippen LogP contribution in [0.3, 0.4) is 0 Å². The number of ether oxygens (including phenoxy) is 1. The summed E-state index contributed by atoms with van der Waals surface area (Å²) in [5, 5.41) is 41.8. The van der Waals surface area contributed by atoms with Crippen molar-refractivity contribution in [3.8, 4) is 0 Å². The molecule has 0 aromatic carbocycles. The SMILES string of the molecule is CSc1nc(N)c2c(C(=N)N)nn([C@@H]3O[C@H](CO)[C@@H](O)[C@H]3O)c2n1. The van der Waals surface area contributed by atoms with Gasteiger partial charge in [-0.2, -0.15) is 5.10 Å².